The second-order valence-electron chi connectivity index (χ2n) is 7.40. The third kappa shape index (κ3) is 2.91. The van der Waals surface area contributed by atoms with Crippen LogP contribution in [0.2, 0.25) is 0 Å². The number of carbonyl (C=O) groups is 3. The predicted molar refractivity (Wildman–Crippen MR) is 92.1 cm³/mol. The molecule has 4 heterocycles. The summed E-state index contributed by atoms with van der Waals surface area (Å²) >= 11 is 0. The lowest BCUT2D eigenvalue weighted by Crippen LogP contribution is -2.81. The van der Waals surface area contributed by atoms with Gasteiger partial charge in [0.15, 0.2) is 0 Å². The number of aliphatic hydroxyl groups is 1. The van der Waals surface area contributed by atoms with Crippen molar-refractivity contribution in [2.24, 2.45) is 0 Å². The fourth-order valence-electron chi connectivity index (χ4n) is 4.39. The van der Waals surface area contributed by atoms with E-state index in [1.807, 2.05) is 17.0 Å². The summed E-state index contributed by atoms with van der Waals surface area (Å²) in [5, 5.41) is 10.1. The van der Waals surface area contributed by atoms with Crippen molar-refractivity contribution in [1.82, 2.24) is 19.7 Å². The number of β-amino-alcohol motifs (C(OH)–C–C–N with tert-alkyl or cyclic N) is 1. The molecule has 3 saturated heterocycles. The molecule has 9 heteroatoms. The third-order valence-corrected chi connectivity index (χ3v) is 5.64. The van der Waals surface area contributed by atoms with Crippen LogP contribution in [0.15, 0.2) is 24.5 Å². The van der Waals surface area contributed by atoms with Crippen LogP contribution in [0.25, 0.3) is 0 Å². The number of hydrogen-bond donors (Lipinski definition) is 1. The molecule has 9 nitrogen and oxygen atoms in total. The third-order valence-electron chi connectivity index (χ3n) is 5.64. The van der Waals surface area contributed by atoms with E-state index in [2.05, 4.69) is 14.6 Å². The predicted octanol–water partition coefficient (Wildman–Crippen LogP) is -1.39. The highest BCUT2D eigenvalue weighted by molar-refractivity contribution is 6.07. The number of piperazine rings is 1. The Morgan fingerprint density at radius 3 is 2.85 bits per heavy atom. The van der Waals surface area contributed by atoms with E-state index in [1.165, 1.54) is 7.11 Å². The maximum absolute atomic E-state index is 13.2. The first-order chi connectivity index (χ1) is 12.9. The van der Waals surface area contributed by atoms with E-state index < -0.39 is 29.6 Å². The van der Waals surface area contributed by atoms with Gasteiger partial charge in [-0.3, -0.25) is 34.1 Å². The fourth-order valence-corrected chi connectivity index (χ4v) is 4.39. The highest BCUT2D eigenvalue weighted by Crippen LogP contribution is 2.40. The lowest BCUT2D eigenvalue weighted by atomic mass is 9.82. The monoisotopic (exact) mass is 374 g/mol. The molecule has 27 heavy (non-hydrogen) atoms. The average molecular weight is 374 g/mol. The highest BCUT2D eigenvalue weighted by Gasteiger charge is 2.64. The van der Waals surface area contributed by atoms with Gasteiger partial charge in [-0.2, -0.15) is 0 Å². The van der Waals surface area contributed by atoms with Crippen LogP contribution < -0.4 is 0 Å². The number of rotatable bonds is 4. The number of methoxy groups -OCH3 is 1. The van der Waals surface area contributed by atoms with Gasteiger partial charge >= 0.3 is 5.97 Å². The molecule has 0 radical (unpaired) electrons. The van der Waals surface area contributed by atoms with Gasteiger partial charge in [-0.05, 0) is 18.1 Å². The van der Waals surface area contributed by atoms with Crippen LogP contribution in [0.1, 0.15) is 12.0 Å². The summed E-state index contributed by atoms with van der Waals surface area (Å²) in [6.07, 6.45) is 3.10. The molecule has 3 fully saturated rings. The zero-order valence-electron chi connectivity index (χ0n) is 15.1. The number of carbonyl (C=O) groups excluding carboxylic acids is 3. The second kappa shape index (κ2) is 6.66. The van der Waals surface area contributed by atoms with E-state index >= 15 is 0 Å². The first kappa shape index (κ1) is 18.0. The molecule has 2 atom stereocenters. The summed E-state index contributed by atoms with van der Waals surface area (Å²) < 4.78 is 4.64. The SMILES string of the molecule is COC(=O)CN1C(=O)[C@@H]2C[C@@H](O)CN2C2(CN(Cc3cccnc3)C2)C1=O. The number of imide groups is 1. The number of amides is 2. The first-order valence-corrected chi connectivity index (χ1v) is 8.93. The number of likely N-dealkylation sites (tertiary alicyclic amines) is 1. The van der Waals surface area contributed by atoms with E-state index in [-0.39, 0.29) is 25.4 Å². The molecule has 3 aliphatic rings. The molecule has 0 bridgehead atoms. The number of esters is 1. The molecule has 0 aromatic carbocycles. The molecule has 1 N–H and O–H groups in total. The summed E-state index contributed by atoms with van der Waals surface area (Å²) in [5.74, 6) is -1.45. The average Bonchev–Trinajstić information content (AvgIpc) is 3.03. The van der Waals surface area contributed by atoms with Gasteiger partial charge in [0.25, 0.3) is 5.91 Å². The normalized spacial score (nSPS) is 27.6. The number of nitrogens with zero attached hydrogens (tertiary/aromatic N) is 4. The second-order valence-corrected chi connectivity index (χ2v) is 7.40. The van der Waals surface area contributed by atoms with Crippen molar-refractivity contribution in [2.45, 2.75) is 30.7 Å². The van der Waals surface area contributed by atoms with Crippen molar-refractivity contribution in [3.05, 3.63) is 30.1 Å². The zero-order valence-corrected chi connectivity index (χ0v) is 15.1. The molecule has 1 spiro atoms. The molecular formula is C18H22N4O5. The smallest absolute Gasteiger partial charge is 0.325 e. The Morgan fingerprint density at radius 2 is 2.19 bits per heavy atom. The maximum atomic E-state index is 13.2. The van der Waals surface area contributed by atoms with Crippen LogP contribution in [0.3, 0.4) is 0 Å². The van der Waals surface area contributed by atoms with E-state index in [0.29, 0.717) is 19.6 Å². The standard InChI is InChI=1S/C18H22N4O5/c1-27-15(24)9-21-16(25)14-5-13(23)8-22(14)18(17(21)26)10-20(11-18)7-12-3-2-4-19-6-12/h2-4,6,13-14,23H,5,7-11H2,1H3/t13-,14+/m1/s1. The van der Waals surface area contributed by atoms with E-state index in [1.54, 1.807) is 12.4 Å². The summed E-state index contributed by atoms with van der Waals surface area (Å²) in [6, 6.07) is 3.25. The van der Waals surface area contributed by atoms with Crippen LogP contribution in [-0.2, 0) is 25.7 Å². The summed E-state index contributed by atoms with van der Waals surface area (Å²) in [6.45, 7) is 1.42. The molecule has 2 amide bonds. The molecule has 3 aliphatic heterocycles. The van der Waals surface area contributed by atoms with Crippen LogP contribution in [-0.4, -0.2) is 93.5 Å². The first-order valence-electron chi connectivity index (χ1n) is 8.93. The summed E-state index contributed by atoms with van der Waals surface area (Å²) in [7, 11) is 1.22. The van der Waals surface area contributed by atoms with E-state index in [0.717, 1.165) is 10.5 Å². The van der Waals surface area contributed by atoms with Gasteiger partial charge in [0, 0.05) is 38.6 Å². The van der Waals surface area contributed by atoms with Crippen LogP contribution in [0, 0.1) is 0 Å². The van der Waals surface area contributed by atoms with Gasteiger partial charge in [-0.25, -0.2) is 0 Å². The topological polar surface area (TPSA) is 103 Å². The summed E-state index contributed by atoms with van der Waals surface area (Å²) in [4.78, 5) is 46.6. The molecule has 1 aromatic heterocycles. The van der Waals surface area contributed by atoms with Crippen LogP contribution in [0.4, 0.5) is 0 Å². The Kier molecular flexibility index (Phi) is 4.45. The zero-order chi connectivity index (χ0) is 19.2. The number of pyridine rings is 1. The van der Waals surface area contributed by atoms with Crippen molar-refractivity contribution in [3.8, 4) is 0 Å². The number of ether oxygens (including phenoxy) is 1. The van der Waals surface area contributed by atoms with Gasteiger partial charge in [-0.15, -0.1) is 0 Å². The highest BCUT2D eigenvalue weighted by atomic mass is 16.5. The molecular weight excluding hydrogens is 352 g/mol. The fraction of sp³-hybridized carbons (Fsp3) is 0.556. The number of hydrogen-bond acceptors (Lipinski definition) is 8. The van der Waals surface area contributed by atoms with E-state index in [9.17, 15) is 19.5 Å². The van der Waals surface area contributed by atoms with Crippen molar-refractivity contribution >= 4 is 17.8 Å². The quantitative estimate of drug-likeness (QED) is 0.508. The van der Waals surface area contributed by atoms with Crippen molar-refractivity contribution < 1.29 is 24.2 Å². The summed E-state index contributed by atoms with van der Waals surface area (Å²) in [5.41, 5.74) is 0.155. The Hall–Kier alpha value is -2.36. The van der Waals surface area contributed by atoms with Gasteiger partial charge in [0.2, 0.25) is 5.91 Å². The molecule has 0 saturated carbocycles. The lowest BCUT2D eigenvalue weighted by Gasteiger charge is -2.58. The minimum atomic E-state index is -0.883. The van der Waals surface area contributed by atoms with Crippen molar-refractivity contribution in [1.29, 1.82) is 0 Å². The maximum Gasteiger partial charge on any atom is 0.325 e. The minimum absolute atomic E-state index is 0.272. The lowest BCUT2D eigenvalue weighted by molar-refractivity contribution is -0.183. The largest absolute Gasteiger partial charge is 0.468 e. The Bertz CT molecular complexity index is 764. The molecule has 0 unspecified atom stereocenters. The molecule has 0 aliphatic carbocycles. The van der Waals surface area contributed by atoms with Gasteiger partial charge in [-0.1, -0.05) is 6.07 Å². The van der Waals surface area contributed by atoms with Gasteiger partial charge < -0.3 is 9.84 Å². The van der Waals surface area contributed by atoms with Crippen molar-refractivity contribution in [3.63, 3.8) is 0 Å². The molecule has 4 rings (SSSR count). The minimum Gasteiger partial charge on any atom is -0.468 e. The van der Waals surface area contributed by atoms with Crippen molar-refractivity contribution in [2.75, 3.05) is 33.3 Å². The van der Waals surface area contributed by atoms with E-state index in [4.69, 9.17) is 0 Å². The Labute approximate surface area is 156 Å². The van der Waals surface area contributed by atoms with Crippen LogP contribution in [0.5, 0.6) is 0 Å². The Morgan fingerprint density at radius 1 is 1.41 bits per heavy atom. The van der Waals surface area contributed by atoms with Gasteiger partial charge in [0.1, 0.15) is 12.1 Å². The molecule has 144 valence electrons. The molecule has 1 aromatic rings. The van der Waals surface area contributed by atoms with Gasteiger partial charge in [0.05, 0.1) is 19.3 Å². The number of fused-ring (bicyclic) bond motifs is 2. The Balaban J connectivity index is 1.56. The number of aromatic nitrogens is 1. The van der Waals surface area contributed by atoms with Crippen LogP contribution >= 0.6 is 0 Å². The number of aliphatic hydroxyl groups excluding tert-OH is 1.